The molecule has 2 atom stereocenters. The van der Waals surface area contributed by atoms with Gasteiger partial charge in [0.1, 0.15) is 15.9 Å². The van der Waals surface area contributed by atoms with Gasteiger partial charge >= 0.3 is 253 Å². The minimum absolute atomic E-state index is 0. The summed E-state index contributed by atoms with van der Waals surface area (Å²) in [5.74, 6) is 0. The summed E-state index contributed by atoms with van der Waals surface area (Å²) in [4.78, 5) is 0. The van der Waals surface area contributed by atoms with E-state index in [0.717, 1.165) is 14.6 Å². The fourth-order valence-corrected chi connectivity index (χ4v) is 23.3. The molecule has 6 heteroatoms. The molecule has 2 aliphatic carbocycles. The average Bonchev–Trinajstić information content (AvgIpc) is 3.95. The molecule has 0 spiro atoms. The molecule has 0 saturated heterocycles. The van der Waals surface area contributed by atoms with Crippen molar-refractivity contribution in [3.63, 3.8) is 0 Å². The van der Waals surface area contributed by atoms with Gasteiger partial charge in [0.25, 0.3) is 0 Å². The largest absolute Gasteiger partial charge is 1.00 e. The van der Waals surface area contributed by atoms with Crippen molar-refractivity contribution in [3.05, 3.63) is 247 Å². The number of benzene rings is 8. The first kappa shape index (κ1) is 44.9. The number of rotatable bonds is 8. The third-order valence-corrected chi connectivity index (χ3v) is 25.4. The summed E-state index contributed by atoms with van der Waals surface area (Å²) in [6.45, 7) is 4.97. The topological polar surface area (TPSA) is 0 Å². The van der Waals surface area contributed by atoms with Crippen molar-refractivity contribution in [1.82, 2.24) is 0 Å². The molecule has 12 rings (SSSR count). The van der Waals surface area contributed by atoms with E-state index in [1.807, 2.05) is 0 Å². The Morgan fingerprint density at radius 2 is 0.698 bits per heavy atom. The Bertz CT molecular complexity index is 2720. The Hall–Kier alpha value is -4.74. The van der Waals surface area contributed by atoms with Crippen molar-refractivity contribution >= 4 is 63.5 Å². The maximum atomic E-state index is 2.52. The van der Waals surface area contributed by atoms with Crippen LogP contribution in [0.15, 0.2) is 217 Å². The zero-order valence-corrected chi connectivity index (χ0v) is 40.9. The first-order valence-electron chi connectivity index (χ1n) is 21.4. The van der Waals surface area contributed by atoms with E-state index in [1.54, 1.807) is 47.6 Å². The summed E-state index contributed by atoms with van der Waals surface area (Å²) in [6.07, 6.45) is 0. The predicted molar refractivity (Wildman–Crippen MR) is 267 cm³/mol. The zero-order valence-electron chi connectivity index (χ0n) is 36.0. The Morgan fingerprint density at radius 1 is 0.381 bits per heavy atom. The van der Waals surface area contributed by atoms with E-state index in [1.165, 1.54) is 49.1 Å². The summed E-state index contributed by atoms with van der Waals surface area (Å²) in [5, 5.41) is 4.31. The Morgan fingerprint density at radius 3 is 1.05 bits per heavy atom. The average molecular weight is 948 g/mol. The SMILES string of the molecule is CC1=C2Bc3ccc(c2c3-c2ccccc2)[CH]1[Zr+2]([c]1ccccc1)[CH]1C(C)=C2Bc3ccc1c2c3-c1ccccc1.[CH3-].[Cl-].[Cl-].c1ccc([PH+](c2ccccc2)c2ccccc2)cc1. The molecule has 2 heterocycles. The van der Waals surface area contributed by atoms with Gasteiger partial charge in [-0.3, -0.25) is 0 Å². The van der Waals surface area contributed by atoms with Crippen LogP contribution >= 0.6 is 7.92 Å². The van der Waals surface area contributed by atoms with E-state index in [0.29, 0.717) is 7.25 Å². The van der Waals surface area contributed by atoms with Gasteiger partial charge < -0.3 is 32.2 Å². The third kappa shape index (κ3) is 7.85. The van der Waals surface area contributed by atoms with Crippen LogP contribution in [0.2, 0.25) is 0 Å². The van der Waals surface area contributed by atoms with Crippen LogP contribution < -0.4 is 54.9 Å². The zero-order chi connectivity index (χ0) is 40.2. The molecule has 8 aromatic carbocycles. The fraction of sp³-hybridized carbons (Fsp3) is 0.0702. The van der Waals surface area contributed by atoms with Crippen molar-refractivity contribution in [2.45, 2.75) is 21.1 Å². The molecular formula is C57H48B2Cl2PZr. The van der Waals surface area contributed by atoms with Crippen molar-refractivity contribution < 1.29 is 46.6 Å². The van der Waals surface area contributed by atoms with Gasteiger partial charge in [-0.25, -0.2) is 0 Å². The molecule has 0 N–H and O–H groups in total. The monoisotopic (exact) mass is 945 g/mol. The standard InChI is InChI=1S/C18H15P.2C16H12B.C6H5.CH3.2ClH.Zr/c1-4-10-16(11-5-1)19(17-12-6-2-7-13-17)18-14-8-3-9-15-18;2*1-10-9-12-7-8-13-14(15(12)16(10)17-13)11-5-3-2-4-6-11;1-2-4-6-5-3-1;;;;/h1-15H;2*2-9,17H,1H3;1-5H;1H3;2*1H;/q;;;;-1;;;+2/p-1. The fourth-order valence-electron chi connectivity index (χ4n) is 10.9. The van der Waals surface area contributed by atoms with Gasteiger partial charge in [0, 0.05) is 0 Å². The van der Waals surface area contributed by atoms with E-state index in [2.05, 4.69) is 220 Å². The molecule has 2 unspecified atom stereocenters. The van der Waals surface area contributed by atoms with Gasteiger partial charge in [-0.15, -0.1) is 0 Å². The van der Waals surface area contributed by atoms with Crippen LogP contribution in [-0.2, 0) is 21.8 Å². The van der Waals surface area contributed by atoms with Crippen molar-refractivity contribution in [3.8, 4) is 22.3 Å². The predicted octanol–water partition coefficient (Wildman–Crippen LogP) is 4.02. The van der Waals surface area contributed by atoms with Gasteiger partial charge in [0.15, 0.2) is 0 Å². The van der Waals surface area contributed by atoms with E-state index < -0.39 is 29.7 Å². The van der Waals surface area contributed by atoms with E-state index >= 15 is 0 Å². The number of allylic oxidation sites excluding steroid dienone is 2. The molecule has 305 valence electrons. The maximum Gasteiger partial charge on any atom is 0.102 e. The first-order chi connectivity index (χ1) is 29.7. The maximum absolute atomic E-state index is 2.52. The van der Waals surface area contributed by atoms with E-state index in [-0.39, 0.29) is 32.2 Å². The molecule has 0 nitrogen and oxygen atoms in total. The second-order valence-corrected chi connectivity index (χ2v) is 25.7. The summed E-state index contributed by atoms with van der Waals surface area (Å²) in [6, 6.07) is 76.5. The Kier molecular flexibility index (Phi) is 13.6. The second kappa shape index (κ2) is 19.2. The first-order valence-corrected chi connectivity index (χ1v) is 27.0. The molecule has 8 aromatic rings. The molecule has 0 amide bonds. The van der Waals surface area contributed by atoms with Crippen molar-refractivity contribution in [1.29, 1.82) is 0 Å². The second-order valence-electron chi connectivity index (χ2n) is 16.7. The molecular weight excluding hydrogens is 899 g/mol. The molecule has 0 aromatic heterocycles. The normalized spacial score (nSPS) is 15.3. The van der Waals surface area contributed by atoms with Crippen molar-refractivity contribution in [2.75, 3.05) is 0 Å². The molecule has 4 aliphatic rings. The van der Waals surface area contributed by atoms with Gasteiger partial charge in [-0.2, -0.15) is 0 Å². The van der Waals surface area contributed by atoms with Crippen molar-refractivity contribution in [2.24, 2.45) is 0 Å². The minimum Gasteiger partial charge on any atom is -1.00 e. The summed E-state index contributed by atoms with van der Waals surface area (Å²) in [5.41, 5.74) is 21.8. The summed E-state index contributed by atoms with van der Waals surface area (Å²) in [7, 11) is 1.31. The van der Waals surface area contributed by atoms with Crippen LogP contribution in [-0.4, -0.2) is 14.6 Å². The van der Waals surface area contributed by atoms with Gasteiger partial charge in [0.2, 0.25) is 0 Å². The number of halogens is 2. The Labute approximate surface area is 397 Å². The van der Waals surface area contributed by atoms with Crippen LogP contribution in [0.5, 0.6) is 0 Å². The van der Waals surface area contributed by atoms with Crippen LogP contribution in [0, 0.1) is 7.43 Å². The minimum atomic E-state index is -2.48. The molecule has 0 saturated carbocycles. The van der Waals surface area contributed by atoms with Gasteiger partial charge in [-0.05, 0) is 36.4 Å². The Balaban J connectivity index is 0.000000210. The molecule has 4 bridgehead atoms. The molecule has 0 radical (unpaired) electrons. The smallest absolute Gasteiger partial charge is 0.102 e. The van der Waals surface area contributed by atoms with E-state index in [9.17, 15) is 0 Å². The third-order valence-electron chi connectivity index (χ3n) is 13.5. The molecule has 63 heavy (non-hydrogen) atoms. The number of hydrogen-bond acceptors (Lipinski definition) is 0. The van der Waals surface area contributed by atoms with Crippen LogP contribution in [0.3, 0.4) is 0 Å². The van der Waals surface area contributed by atoms with E-state index in [4.69, 9.17) is 0 Å². The van der Waals surface area contributed by atoms with Crippen LogP contribution in [0.25, 0.3) is 33.2 Å². The quantitative estimate of drug-likeness (QED) is 0.123. The number of hydrogen-bond donors (Lipinski definition) is 0. The number of fused-ring (bicyclic) bond motifs is 2. The molecule has 2 aliphatic heterocycles. The van der Waals surface area contributed by atoms with Crippen LogP contribution in [0.1, 0.15) is 43.4 Å². The summed E-state index contributed by atoms with van der Waals surface area (Å²) >= 11 is -2.48. The van der Waals surface area contributed by atoms with Gasteiger partial charge in [0.05, 0.1) is 7.92 Å². The van der Waals surface area contributed by atoms with Gasteiger partial charge in [-0.1, -0.05) is 54.6 Å². The molecule has 0 fully saturated rings. The summed E-state index contributed by atoms with van der Waals surface area (Å²) < 4.78 is 2.78. The van der Waals surface area contributed by atoms with Crippen LogP contribution in [0.4, 0.5) is 0 Å².